The Balaban J connectivity index is 1.79. The Bertz CT molecular complexity index is 311. The molecule has 2 aliphatic heterocycles. The number of nitrogens with zero attached hydrogens (tertiary/aromatic N) is 2. The zero-order valence-corrected chi connectivity index (χ0v) is 12.8. The quantitative estimate of drug-likeness (QED) is 0.704. The zero-order chi connectivity index (χ0) is 14.4. The molecule has 2 heterocycles. The molecule has 0 amide bonds. The number of hydrogen-bond donors (Lipinski definition) is 0. The molecule has 0 aromatic heterocycles. The molecular formula is C15H28N2O3. The van der Waals surface area contributed by atoms with Crippen LogP contribution in [0, 0.1) is 5.92 Å². The molecule has 116 valence electrons. The molecule has 2 aliphatic rings. The lowest BCUT2D eigenvalue weighted by Gasteiger charge is -2.37. The number of morpholine rings is 1. The van der Waals surface area contributed by atoms with Crippen LogP contribution in [-0.4, -0.2) is 74.4 Å². The van der Waals surface area contributed by atoms with E-state index < -0.39 is 0 Å². The number of likely N-dealkylation sites (tertiary alicyclic amines) is 1. The predicted molar refractivity (Wildman–Crippen MR) is 77.7 cm³/mol. The van der Waals surface area contributed by atoms with Gasteiger partial charge in [0.1, 0.15) is 0 Å². The summed E-state index contributed by atoms with van der Waals surface area (Å²) in [7, 11) is 0. The lowest BCUT2D eigenvalue weighted by atomic mass is 9.98. The third-order valence-corrected chi connectivity index (χ3v) is 4.26. The van der Waals surface area contributed by atoms with E-state index in [0.717, 1.165) is 58.7 Å². The molecule has 0 aliphatic carbocycles. The summed E-state index contributed by atoms with van der Waals surface area (Å²) in [4.78, 5) is 16.6. The molecule has 0 bridgehead atoms. The second kappa shape index (κ2) is 7.96. The maximum absolute atomic E-state index is 11.8. The highest BCUT2D eigenvalue weighted by Gasteiger charge is 2.29. The van der Waals surface area contributed by atoms with Crippen molar-refractivity contribution >= 4 is 5.97 Å². The van der Waals surface area contributed by atoms with Crippen LogP contribution in [0.2, 0.25) is 0 Å². The Labute approximate surface area is 122 Å². The number of likely N-dealkylation sites (N-methyl/N-ethyl adjacent to an activating group) is 1. The number of esters is 1. The van der Waals surface area contributed by atoms with Crippen LogP contribution in [0.3, 0.4) is 0 Å². The van der Waals surface area contributed by atoms with Crippen LogP contribution in [0.4, 0.5) is 0 Å². The van der Waals surface area contributed by atoms with Gasteiger partial charge < -0.3 is 9.47 Å². The van der Waals surface area contributed by atoms with Gasteiger partial charge in [-0.2, -0.15) is 0 Å². The first-order valence-corrected chi connectivity index (χ1v) is 7.95. The fraction of sp³-hybridized carbons (Fsp3) is 0.933. The van der Waals surface area contributed by atoms with Gasteiger partial charge in [-0.3, -0.25) is 14.6 Å². The summed E-state index contributed by atoms with van der Waals surface area (Å²) in [6.45, 7) is 11.3. The fourth-order valence-electron chi connectivity index (χ4n) is 3.14. The van der Waals surface area contributed by atoms with Crippen LogP contribution in [0.1, 0.15) is 26.7 Å². The van der Waals surface area contributed by atoms with E-state index in [1.807, 2.05) is 6.92 Å². The van der Waals surface area contributed by atoms with E-state index in [2.05, 4.69) is 16.7 Å². The lowest BCUT2D eigenvalue weighted by molar-refractivity contribution is -0.150. The fourth-order valence-corrected chi connectivity index (χ4v) is 3.14. The molecule has 0 spiro atoms. The normalized spacial score (nSPS) is 29.3. The molecule has 2 rings (SSSR count). The third kappa shape index (κ3) is 4.43. The average molecular weight is 284 g/mol. The summed E-state index contributed by atoms with van der Waals surface area (Å²) in [6.07, 6.45) is 2.32. The van der Waals surface area contributed by atoms with E-state index >= 15 is 0 Å². The summed E-state index contributed by atoms with van der Waals surface area (Å²) in [5.41, 5.74) is 0. The standard InChI is InChI=1S/C15H28N2O3/c1-3-16-8-9-20-14(11-16)12-17-7-5-6-13(10-17)15(18)19-4-2/h13-14H,3-12H2,1-2H3/t13-,14?/m0/s1. The van der Waals surface area contributed by atoms with Gasteiger partial charge in [0.05, 0.1) is 25.2 Å². The molecule has 0 radical (unpaired) electrons. The molecule has 5 heteroatoms. The molecule has 5 nitrogen and oxygen atoms in total. The minimum absolute atomic E-state index is 0.0306. The highest BCUT2D eigenvalue weighted by molar-refractivity contribution is 5.72. The van der Waals surface area contributed by atoms with Gasteiger partial charge in [-0.15, -0.1) is 0 Å². The molecule has 2 saturated heterocycles. The van der Waals surface area contributed by atoms with Crippen molar-refractivity contribution in [3.8, 4) is 0 Å². The molecule has 2 fully saturated rings. The van der Waals surface area contributed by atoms with Crippen LogP contribution in [0.5, 0.6) is 0 Å². The van der Waals surface area contributed by atoms with Gasteiger partial charge in [-0.1, -0.05) is 6.92 Å². The van der Waals surface area contributed by atoms with Crippen LogP contribution < -0.4 is 0 Å². The number of ether oxygens (including phenoxy) is 2. The molecular weight excluding hydrogens is 256 g/mol. The first-order valence-electron chi connectivity index (χ1n) is 7.95. The van der Waals surface area contributed by atoms with Crippen molar-refractivity contribution in [1.29, 1.82) is 0 Å². The summed E-state index contributed by atoms with van der Waals surface area (Å²) in [5.74, 6) is 0.0199. The second-order valence-corrected chi connectivity index (χ2v) is 5.74. The maximum Gasteiger partial charge on any atom is 0.310 e. The van der Waals surface area contributed by atoms with Gasteiger partial charge in [-0.25, -0.2) is 0 Å². The number of rotatable bonds is 5. The van der Waals surface area contributed by atoms with Crippen LogP contribution in [0.15, 0.2) is 0 Å². The van der Waals surface area contributed by atoms with Crippen LogP contribution >= 0.6 is 0 Å². The van der Waals surface area contributed by atoms with Gasteiger partial charge in [0.25, 0.3) is 0 Å². The number of piperidine rings is 1. The minimum Gasteiger partial charge on any atom is -0.466 e. The molecule has 1 unspecified atom stereocenters. The first kappa shape index (κ1) is 15.7. The predicted octanol–water partition coefficient (Wildman–Crippen LogP) is 0.982. The Morgan fingerprint density at radius 1 is 1.25 bits per heavy atom. The number of carbonyl (C=O) groups excluding carboxylic acids is 1. The number of carbonyl (C=O) groups is 1. The average Bonchev–Trinajstić information content (AvgIpc) is 2.48. The minimum atomic E-state index is -0.0306. The monoisotopic (exact) mass is 284 g/mol. The third-order valence-electron chi connectivity index (χ3n) is 4.26. The molecule has 0 N–H and O–H groups in total. The largest absolute Gasteiger partial charge is 0.466 e. The lowest BCUT2D eigenvalue weighted by Crippen LogP contribution is -2.50. The summed E-state index contributed by atoms with van der Waals surface area (Å²) < 4.78 is 11.0. The van der Waals surface area contributed by atoms with Crippen molar-refractivity contribution in [2.75, 3.05) is 52.5 Å². The molecule has 0 aromatic rings. The molecule has 0 aromatic carbocycles. The number of hydrogen-bond acceptors (Lipinski definition) is 5. The van der Waals surface area contributed by atoms with E-state index in [1.165, 1.54) is 0 Å². The van der Waals surface area contributed by atoms with Gasteiger partial charge in [0.15, 0.2) is 0 Å². The van der Waals surface area contributed by atoms with Gasteiger partial charge in [0.2, 0.25) is 0 Å². The van der Waals surface area contributed by atoms with E-state index in [-0.39, 0.29) is 18.0 Å². The van der Waals surface area contributed by atoms with Crippen molar-refractivity contribution in [1.82, 2.24) is 9.80 Å². The van der Waals surface area contributed by atoms with Crippen molar-refractivity contribution in [3.05, 3.63) is 0 Å². The Morgan fingerprint density at radius 2 is 2.10 bits per heavy atom. The topological polar surface area (TPSA) is 42.0 Å². The smallest absolute Gasteiger partial charge is 0.310 e. The summed E-state index contributed by atoms with van der Waals surface area (Å²) in [6, 6.07) is 0. The SMILES string of the molecule is CCOC(=O)[C@H]1CCCN(CC2CN(CC)CCO2)C1. The van der Waals surface area contributed by atoms with E-state index in [0.29, 0.717) is 6.61 Å². The Hall–Kier alpha value is -0.650. The van der Waals surface area contributed by atoms with E-state index in [4.69, 9.17) is 9.47 Å². The first-order chi connectivity index (χ1) is 9.72. The van der Waals surface area contributed by atoms with E-state index in [1.54, 1.807) is 0 Å². The highest BCUT2D eigenvalue weighted by atomic mass is 16.5. The van der Waals surface area contributed by atoms with Crippen LogP contribution in [0.25, 0.3) is 0 Å². The van der Waals surface area contributed by atoms with Gasteiger partial charge in [0, 0.05) is 26.2 Å². The Kier molecular flexibility index (Phi) is 6.26. The van der Waals surface area contributed by atoms with Crippen molar-refractivity contribution in [3.63, 3.8) is 0 Å². The molecule has 20 heavy (non-hydrogen) atoms. The van der Waals surface area contributed by atoms with Crippen molar-refractivity contribution < 1.29 is 14.3 Å². The van der Waals surface area contributed by atoms with Gasteiger partial charge >= 0.3 is 5.97 Å². The van der Waals surface area contributed by atoms with Crippen molar-refractivity contribution in [2.45, 2.75) is 32.8 Å². The van der Waals surface area contributed by atoms with Gasteiger partial charge in [-0.05, 0) is 32.9 Å². The van der Waals surface area contributed by atoms with Crippen LogP contribution in [-0.2, 0) is 14.3 Å². The summed E-state index contributed by atoms with van der Waals surface area (Å²) in [5, 5.41) is 0. The highest BCUT2D eigenvalue weighted by Crippen LogP contribution is 2.19. The maximum atomic E-state index is 11.8. The second-order valence-electron chi connectivity index (χ2n) is 5.74. The molecule has 2 atom stereocenters. The molecule has 0 saturated carbocycles. The summed E-state index contributed by atoms with van der Waals surface area (Å²) >= 11 is 0. The Morgan fingerprint density at radius 3 is 2.85 bits per heavy atom. The van der Waals surface area contributed by atoms with Crippen molar-refractivity contribution in [2.24, 2.45) is 5.92 Å². The zero-order valence-electron chi connectivity index (χ0n) is 12.8. The van der Waals surface area contributed by atoms with E-state index in [9.17, 15) is 4.79 Å².